The van der Waals surface area contributed by atoms with Crippen LogP contribution >= 0.6 is 23.4 Å². The molecule has 2 fully saturated rings. The molecule has 2 aliphatic rings. The molecule has 1 amide bonds. The third-order valence-electron chi connectivity index (χ3n) is 3.90. The molecule has 1 aromatic rings. The fourth-order valence-corrected chi connectivity index (χ4v) is 3.95. The highest BCUT2D eigenvalue weighted by Crippen LogP contribution is 2.29. The van der Waals surface area contributed by atoms with E-state index in [-0.39, 0.29) is 5.92 Å². The van der Waals surface area contributed by atoms with Crippen molar-refractivity contribution in [3.8, 4) is 0 Å². The standard InChI is InChI=1S/C14H18ClN3OS/c15-12-2-1-4-16-13(12)18-5-3-11(10-18)14(19)17-6-8-20-9-7-17/h1-2,4,11H,3,5-10H2. The molecule has 0 saturated carbocycles. The van der Waals surface area contributed by atoms with E-state index in [9.17, 15) is 4.79 Å². The topological polar surface area (TPSA) is 36.4 Å². The molecule has 0 aliphatic carbocycles. The molecule has 2 saturated heterocycles. The molecule has 1 aromatic heterocycles. The molecular formula is C14H18ClN3OS. The molecule has 20 heavy (non-hydrogen) atoms. The van der Waals surface area contributed by atoms with Crippen molar-refractivity contribution in [3.63, 3.8) is 0 Å². The van der Waals surface area contributed by atoms with Gasteiger partial charge in [0.2, 0.25) is 5.91 Å². The minimum absolute atomic E-state index is 0.0937. The van der Waals surface area contributed by atoms with Gasteiger partial charge < -0.3 is 9.80 Å². The summed E-state index contributed by atoms with van der Waals surface area (Å²) in [5.41, 5.74) is 0. The van der Waals surface area contributed by atoms with Crippen LogP contribution in [0.1, 0.15) is 6.42 Å². The van der Waals surface area contributed by atoms with Crippen molar-refractivity contribution < 1.29 is 4.79 Å². The van der Waals surface area contributed by atoms with Crippen molar-refractivity contribution in [3.05, 3.63) is 23.4 Å². The number of carbonyl (C=O) groups excluding carboxylic acids is 1. The summed E-state index contributed by atoms with van der Waals surface area (Å²) in [5.74, 6) is 3.33. The van der Waals surface area contributed by atoms with Gasteiger partial charge in [-0.15, -0.1) is 0 Å². The number of anilines is 1. The van der Waals surface area contributed by atoms with Crippen LogP contribution in [0.2, 0.25) is 5.02 Å². The first-order chi connectivity index (χ1) is 9.75. The Hall–Kier alpha value is -0.940. The molecule has 6 heteroatoms. The summed E-state index contributed by atoms with van der Waals surface area (Å²) in [6, 6.07) is 3.68. The fourth-order valence-electron chi connectivity index (χ4n) is 2.81. The maximum absolute atomic E-state index is 12.5. The van der Waals surface area contributed by atoms with Gasteiger partial charge >= 0.3 is 0 Å². The second-order valence-corrected chi connectivity index (χ2v) is 6.81. The SMILES string of the molecule is O=C(C1CCN(c2ncccc2Cl)C1)N1CCSCC1. The van der Waals surface area contributed by atoms with Gasteiger partial charge in [-0.2, -0.15) is 11.8 Å². The average molecular weight is 312 g/mol. The molecule has 1 unspecified atom stereocenters. The van der Waals surface area contributed by atoms with Crippen LogP contribution in [0.3, 0.4) is 0 Å². The van der Waals surface area contributed by atoms with E-state index in [1.54, 1.807) is 6.20 Å². The number of hydrogen-bond donors (Lipinski definition) is 0. The van der Waals surface area contributed by atoms with Gasteiger partial charge in [-0.05, 0) is 18.6 Å². The summed E-state index contributed by atoms with van der Waals surface area (Å²) >= 11 is 8.10. The monoisotopic (exact) mass is 311 g/mol. The first kappa shape index (κ1) is 14.0. The smallest absolute Gasteiger partial charge is 0.227 e. The molecule has 3 rings (SSSR count). The van der Waals surface area contributed by atoms with E-state index in [2.05, 4.69) is 9.88 Å². The maximum Gasteiger partial charge on any atom is 0.227 e. The molecule has 0 spiro atoms. The Morgan fingerprint density at radius 1 is 1.35 bits per heavy atom. The number of rotatable bonds is 2. The lowest BCUT2D eigenvalue weighted by Gasteiger charge is -2.29. The van der Waals surface area contributed by atoms with Crippen molar-refractivity contribution in [2.24, 2.45) is 5.92 Å². The van der Waals surface area contributed by atoms with Gasteiger partial charge in [0.05, 0.1) is 10.9 Å². The van der Waals surface area contributed by atoms with E-state index in [1.807, 2.05) is 28.8 Å². The average Bonchev–Trinajstić information content (AvgIpc) is 2.97. The van der Waals surface area contributed by atoms with Crippen molar-refractivity contribution in [1.82, 2.24) is 9.88 Å². The Bertz CT molecular complexity index is 493. The van der Waals surface area contributed by atoms with Gasteiger partial charge in [0.25, 0.3) is 0 Å². The predicted octanol–water partition coefficient (Wildman–Crippen LogP) is 2.14. The fraction of sp³-hybridized carbons (Fsp3) is 0.571. The summed E-state index contributed by atoms with van der Waals surface area (Å²) in [5, 5.41) is 0.662. The number of pyridine rings is 1. The first-order valence-corrected chi connectivity index (χ1v) is 8.51. The number of nitrogens with zero attached hydrogens (tertiary/aromatic N) is 3. The normalized spacial score (nSPS) is 23.1. The number of hydrogen-bond acceptors (Lipinski definition) is 4. The lowest BCUT2D eigenvalue weighted by Crippen LogP contribution is -2.42. The maximum atomic E-state index is 12.5. The summed E-state index contributed by atoms with van der Waals surface area (Å²) < 4.78 is 0. The molecule has 0 aromatic carbocycles. The van der Waals surface area contributed by atoms with Crippen LogP contribution in [0.15, 0.2) is 18.3 Å². The van der Waals surface area contributed by atoms with Crippen LogP contribution in [-0.4, -0.2) is 53.5 Å². The molecule has 0 radical (unpaired) electrons. The Kier molecular flexibility index (Phi) is 4.36. The minimum Gasteiger partial charge on any atom is -0.355 e. The van der Waals surface area contributed by atoms with Crippen LogP contribution in [0.4, 0.5) is 5.82 Å². The Morgan fingerprint density at radius 3 is 2.90 bits per heavy atom. The first-order valence-electron chi connectivity index (χ1n) is 6.97. The minimum atomic E-state index is 0.0937. The third kappa shape index (κ3) is 2.88. The van der Waals surface area contributed by atoms with E-state index in [0.29, 0.717) is 10.9 Å². The predicted molar refractivity (Wildman–Crippen MR) is 83.5 cm³/mol. The Labute approximate surface area is 128 Å². The number of aromatic nitrogens is 1. The summed E-state index contributed by atoms with van der Waals surface area (Å²) in [4.78, 5) is 21.0. The van der Waals surface area contributed by atoms with E-state index in [4.69, 9.17) is 11.6 Å². The highest BCUT2D eigenvalue weighted by molar-refractivity contribution is 7.99. The van der Waals surface area contributed by atoms with Crippen molar-refractivity contribution >= 4 is 35.1 Å². The molecule has 2 aliphatic heterocycles. The second-order valence-electron chi connectivity index (χ2n) is 5.18. The molecule has 4 nitrogen and oxygen atoms in total. The van der Waals surface area contributed by atoms with Gasteiger partial charge in [0, 0.05) is 43.9 Å². The van der Waals surface area contributed by atoms with Crippen LogP contribution < -0.4 is 4.90 Å². The Morgan fingerprint density at radius 2 is 2.15 bits per heavy atom. The van der Waals surface area contributed by atoms with Crippen LogP contribution in [0, 0.1) is 5.92 Å². The van der Waals surface area contributed by atoms with Gasteiger partial charge in [-0.1, -0.05) is 11.6 Å². The zero-order valence-corrected chi connectivity index (χ0v) is 12.9. The number of carbonyl (C=O) groups is 1. The van der Waals surface area contributed by atoms with Gasteiger partial charge in [-0.3, -0.25) is 4.79 Å². The van der Waals surface area contributed by atoms with E-state index < -0.39 is 0 Å². The molecule has 0 N–H and O–H groups in total. The molecule has 3 heterocycles. The van der Waals surface area contributed by atoms with Crippen LogP contribution in [-0.2, 0) is 4.79 Å². The largest absolute Gasteiger partial charge is 0.355 e. The lowest BCUT2D eigenvalue weighted by molar-refractivity contribution is -0.134. The number of halogens is 1. The highest BCUT2D eigenvalue weighted by atomic mass is 35.5. The quantitative estimate of drug-likeness (QED) is 0.838. The third-order valence-corrected chi connectivity index (χ3v) is 5.14. The van der Waals surface area contributed by atoms with Crippen molar-refractivity contribution in [2.45, 2.75) is 6.42 Å². The molecule has 0 bridgehead atoms. The zero-order chi connectivity index (χ0) is 13.9. The molecule has 1 atom stereocenters. The van der Waals surface area contributed by atoms with Crippen molar-refractivity contribution in [1.29, 1.82) is 0 Å². The summed E-state index contributed by atoms with van der Waals surface area (Å²) in [6.45, 7) is 3.38. The molecular weight excluding hydrogens is 294 g/mol. The Balaban J connectivity index is 1.64. The van der Waals surface area contributed by atoms with Crippen LogP contribution in [0.5, 0.6) is 0 Å². The highest BCUT2D eigenvalue weighted by Gasteiger charge is 2.33. The van der Waals surface area contributed by atoms with Crippen LogP contribution in [0.25, 0.3) is 0 Å². The number of thioether (sulfide) groups is 1. The van der Waals surface area contributed by atoms with Gasteiger partial charge in [0.15, 0.2) is 0 Å². The summed E-state index contributed by atoms with van der Waals surface area (Å²) in [7, 11) is 0. The second kappa shape index (κ2) is 6.22. The molecule has 108 valence electrons. The van der Waals surface area contributed by atoms with Gasteiger partial charge in [-0.25, -0.2) is 4.98 Å². The number of amides is 1. The lowest BCUT2D eigenvalue weighted by atomic mass is 10.1. The van der Waals surface area contributed by atoms with E-state index >= 15 is 0 Å². The van der Waals surface area contributed by atoms with Gasteiger partial charge in [0.1, 0.15) is 5.82 Å². The summed E-state index contributed by atoms with van der Waals surface area (Å²) in [6.07, 6.45) is 2.65. The van der Waals surface area contributed by atoms with E-state index in [1.165, 1.54) is 0 Å². The zero-order valence-electron chi connectivity index (χ0n) is 11.3. The van der Waals surface area contributed by atoms with Crippen molar-refractivity contribution in [2.75, 3.05) is 42.6 Å². The van der Waals surface area contributed by atoms with E-state index in [0.717, 1.165) is 49.9 Å².